The van der Waals surface area contributed by atoms with E-state index in [2.05, 4.69) is 9.82 Å². The molecule has 86 valence electrons. The molecule has 0 saturated heterocycles. The first-order valence-electron chi connectivity index (χ1n) is 4.88. The molecule has 5 nitrogen and oxygen atoms in total. The van der Waals surface area contributed by atoms with Crippen molar-refractivity contribution in [3.8, 4) is 0 Å². The van der Waals surface area contributed by atoms with E-state index in [1.165, 1.54) is 31.4 Å². The Morgan fingerprint density at radius 3 is 2.19 bits per heavy atom. The molecule has 0 aromatic heterocycles. The summed E-state index contributed by atoms with van der Waals surface area (Å²) in [4.78, 5) is 21.0. The average Bonchev–Trinajstić information content (AvgIpc) is 2.39. The fourth-order valence-electron chi connectivity index (χ4n) is 0.970. The van der Waals surface area contributed by atoms with Crippen LogP contribution in [-0.4, -0.2) is 25.2 Å². The number of nitrogens with zero attached hydrogens (tertiary/aromatic N) is 1. The lowest BCUT2D eigenvalue weighted by Crippen LogP contribution is -2.27. The molecule has 0 atom stereocenters. The van der Waals surface area contributed by atoms with Gasteiger partial charge in [-0.25, -0.2) is 4.79 Å². The molecule has 16 heavy (non-hydrogen) atoms. The van der Waals surface area contributed by atoms with Crippen LogP contribution in [-0.2, 0) is 4.74 Å². The first-order chi connectivity index (χ1) is 7.69. The van der Waals surface area contributed by atoms with E-state index in [4.69, 9.17) is 5.02 Å². The van der Waals surface area contributed by atoms with Crippen LogP contribution in [0.4, 0.5) is 0 Å². The first-order valence-corrected chi connectivity index (χ1v) is 4.88. The summed E-state index contributed by atoms with van der Waals surface area (Å²) in [7, 11) is -0.111. The van der Waals surface area contributed by atoms with Gasteiger partial charge in [-0.2, -0.15) is 4.91 Å². The predicted octanol–water partition coefficient (Wildman–Crippen LogP) is 0.953. The molecule has 1 aromatic rings. The maximum atomic E-state index is 11.0. The molecule has 0 radical (unpaired) electrons. The molecular formula is C10H14BNO4. The van der Waals surface area contributed by atoms with Crippen molar-refractivity contribution < 1.29 is 14.6 Å². The second kappa shape index (κ2) is 7.59. The zero-order valence-electron chi connectivity index (χ0n) is 9.51. The topological polar surface area (TPSA) is 76.0 Å². The molecule has 1 aromatic carbocycles. The molecule has 0 aliphatic rings. The summed E-state index contributed by atoms with van der Waals surface area (Å²) in [5.41, 5.74) is 0.696. The van der Waals surface area contributed by atoms with E-state index >= 15 is 0 Å². The van der Waals surface area contributed by atoms with Gasteiger partial charge in [0, 0.05) is 0 Å². The minimum Gasteiger partial charge on any atom is -0.465 e. The number of rotatable bonds is 3. The van der Waals surface area contributed by atoms with E-state index in [0.717, 1.165) is 0 Å². The van der Waals surface area contributed by atoms with Crippen LogP contribution < -0.4 is 5.46 Å². The molecule has 0 aliphatic heterocycles. The summed E-state index contributed by atoms with van der Waals surface area (Å²) in [5, 5.41) is 11.5. The van der Waals surface area contributed by atoms with Crippen molar-refractivity contribution in [1.29, 1.82) is 0 Å². The zero-order chi connectivity index (χ0) is 12.6. The van der Waals surface area contributed by atoms with Gasteiger partial charge in [0.05, 0.1) is 12.7 Å². The Bertz CT molecular complexity index is 339. The normalized spacial score (nSPS) is 8.50. The average molecular weight is 223 g/mol. The summed E-state index contributed by atoms with van der Waals surface area (Å²) >= 11 is 0. The van der Waals surface area contributed by atoms with Gasteiger partial charge in [-0.1, -0.05) is 31.1 Å². The fourth-order valence-corrected chi connectivity index (χ4v) is 0.970. The summed E-state index contributed by atoms with van der Waals surface area (Å²) in [6.45, 7) is 4.00. The van der Waals surface area contributed by atoms with E-state index in [9.17, 15) is 9.70 Å². The number of nitroso groups, excluding NO2 is 1. The fraction of sp³-hybridized carbons (Fsp3) is 0.300. The molecule has 0 fully saturated rings. The second-order valence-electron chi connectivity index (χ2n) is 2.59. The third kappa shape index (κ3) is 3.82. The molecule has 0 heterocycles. The Morgan fingerprint density at radius 2 is 1.81 bits per heavy atom. The van der Waals surface area contributed by atoms with Gasteiger partial charge in [-0.05, 0) is 17.6 Å². The van der Waals surface area contributed by atoms with Crippen molar-refractivity contribution >= 4 is 18.5 Å². The smallest absolute Gasteiger partial charge is 0.465 e. The first kappa shape index (κ1) is 14.3. The van der Waals surface area contributed by atoms with Gasteiger partial charge >= 0.3 is 13.0 Å². The lowest BCUT2D eigenvalue weighted by molar-refractivity contribution is 0.0601. The number of carbonyl (C=O) groups excluding carboxylic acids is 1. The number of hydrogen-bond donors (Lipinski definition) is 1. The Hall–Kier alpha value is -1.69. The molecule has 0 bridgehead atoms. The van der Waals surface area contributed by atoms with E-state index in [1.807, 2.05) is 13.8 Å². The Labute approximate surface area is 94.5 Å². The largest absolute Gasteiger partial charge is 0.517 e. The molecule has 0 spiro atoms. The van der Waals surface area contributed by atoms with Gasteiger partial charge in [0.25, 0.3) is 0 Å². The quantitative estimate of drug-likeness (QED) is 0.470. The second-order valence-corrected chi connectivity index (χ2v) is 2.59. The predicted molar refractivity (Wildman–Crippen MR) is 62.5 cm³/mol. The lowest BCUT2D eigenvalue weighted by atomic mass is 9.76. The number of esters is 1. The third-order valence-electron chi connectivity index (χ3n) is 1.73. The maximum absolute atomic E-state index is 11.0. The van der Waals surface area contributed by atoms with Crippen molar-refractivity contribution in [2.75, 3.05) is 7.11 Å². The monoisotopic (exact) mass is 223 g/mol. The Balaban J connectivity index is 0.00000106. The number of methoxy groups -OCH3 is 1. The van der Waals surface area contributed by atoms with Gasteiger partial charge in [0.2, 0.25) is 0 Å². The van der Waals surface area contributed by atoms with Crippen molar-refractivity contribution in [2.24, 2.45) is 5.09 Å². The van der Waals surface area contributed by atoms with Crippen LogP contribution in [0.15, 0.2) is 29.4 Å². The molecule has 0 unspecified atom stereocenters. The van der Waals surface area contributed by atoms with E-state index < -0.39 is 13.0 Å². The summed E-state index contributed by atoms with van der Waals surface area (Å²) < 4.78 is 4.48. The lowest BCUT2D eigenvalue weighted by Gasteiger charge is -2.00. The SMILES string of the molecule is CC.COC(=O)c1ccc(B(O)N=O)cc1. The van der Waals surface area contributed by atoms with Crippen LogP contribution in [0.1, 0.15) is 24.2 Å². The van der Waals surface area contributed by atoms with Crippen molar-refractivity contribution in [3.05, 3.63) is 34.7 Å². The van der Waals surface area contributed by atoms with Crippen LogP contribution in [0.25, 0.3) is 0 Å². The van der Waals surface area contributed by atoms with Crippen LogP contribution in [0.2, 0.25) is 0 Å². The standard InChI is InChI=1S/C8H8BNO4.C2H6/c1-14-8(11)6-2-4-7(5-3-6)9(12)10-13;1-2/h2-5,12H,1H3;1-2H3. The third-order valence-corrected chi connectivity index (χ3v) is 1.73. The van der Waals surface area contributed by atoms with Gasteiger partial charge in [0.1, 0.15) is 0 Å². The Morgan fingerprint density at radius 1 is 1.31 bits per heavy atom. The minimum atomic E-state index is -1.39. The van der Waals surface area contributed by atoms with Gasteiger partial charge in [0.15, 0.2) is 0 Å². The number of benzene rings is 1. The molecule has 6 heteroatoms. The molecule has 1 rings (SSSR count). The Kier molecular flexibility index (Phi) is 6.79. The zero-order valence-corrected chi connectivity index (χ0v) is 9.51. The highest BCUT2D eigenvalue weighted by Crippen LogP contribution is 1.99. The molecule has 0 saturated carbocycles. The van der Waals surface area contributed by atoms with Crippen molar-refractivity contribution in [2.45, 2.75) is 13.8 Å². The molecular weight excluding hydrogens is 209 g/mol. The van der Waals surface area contributed by atoms with E-state index in [1.54, 1.807) is 0 Å². The highest BCUT2D eigenvalue weighted by Gasteiger charge is 2.16. The van der Waals surface area contributed by atoms with Crippen LogP contribution >= 0.6 is 0 Å². The van der Waals surface area contributed by atoms with Crippen LogP contribution in [0, 0.1) is 4.91 Å². The van der Waals surface area contributed by atoms with Gasteiger partial charge in [-0.3, -0.25) is 0 Å². The maximum Gasteiger partial charge on any atom is 0.517 e. The summed E-state index contributed by atoms with van der Waals surface area (Å²) in [5.74, 6) is -0.467. The van der Waals surface area contributed by atoms with Crippen LogP contribution in [0.3, 0.4) is 0 Å². The van der Waals surface area contributed by atoms with Gasteiger partial charge < -0.3 is 9.76 Å². The summed E-state index contributed by atoms with van der Waals surface area (Å²) in [6, 6.07) is 5.79. The van der Waals surface area contributed by atoms with E-state index in [-0.39, 0.29) is 0 Å². The molecule has 0 amide bonds. The van der Waals surface area contributed by atoms with Crippen LogP contribution in [0.5, 0.6) is 0 Å². The summed E-state index contributed by atoms with van der Waals surface area (Å²) in [6.07, 6.45) is 0. The minimum absolute atomic E-state index is 0.340. The number of carbonyl (C=O) groups is 1. The highest BCUT2D eigenvalue weighted by molar-refractivity contribution is 6.64. The van der Waals surface area contributed by atoms with Crippen molar-refractivity contribution in [1.82, 2.24) is 0 Å². The van der Waals surface area contributed by atoms with Crippen molar-refractivity contribution in [3.63, 3.8) is 0 Å². The number of hydrogen-bond acceptors (Lipinski definition) is 5. The molecule has 0 aliphatic carbocycles. The number of ether oxygens (including phenoxy) is 1. The molecule has 1 N–H and O–H groups in total. The highest BCUT2D eigenvalue weighted by atomic mass is 16.5. The van der Waals surface area contributed by atoms with Gasteiger partial charge in [-0.15, -0.1) is 0 Å². The van der Waals surface area contributed by atoms with E-state index in [0.29, 0.717) is 11.0 Å².